The van der Waals surface area contributed by atoms with Crippen LogP contribution in [0.3, 0.4) is 0 Å². The molecule has 0 radical (unpaired) electrons. The SMILES string of the molecule is CCNC(=NCc1cccc(OC)c1OC1CCCC1)N1CCC(N2CCCC2)C1. The molecule has 1 saturated carbocycles. The maximum absolute atomic E-state index is 6.40. The van der Waals surface area contributed by atoms with Gasteiger partial charge in [-0.05, 0) is 71.0 Å². The summed E-state index contributed by atoms with van der Waals surface area (Å²) in [4.78, 5) is 10.1. The molecule has 1 aromatic rings. The van der Waals surface area contributed by atoms with Gasteiger partial charge in [-0.1, -0.05) is 12.1 Å². The minimum absolute atomic E-state index is 0.303. The fourth-order valence-electron chi connectivity index (χ4n) is 5.08. The molecule has 0 amide bonds. The fraction of sp³-hybridized carbons (Fsp3) is 0.708. The number of nitrogens with one attached hydrogen (secondary N) is 1. The van der Waals surface area contributed by atoms with Gasteiger partial charge in [-0.2, -0.15) is 0 Å². The lowest BCUT2D eigenvalue weighted by molar-refractivity contribution is 0.198. The van der Waals surface area contributed by atoms with Crippen LogP contribution in [0, 0.1) is 0 Å². The highest BCUT2D eigenvalue weighted by atomic mass is 16.5. The summed E-state index contributed by atoms with van der Waals surface area (Å²) in [6, 6.07) is 6.83. The summed E-state index contributed by atoms with van der Waals surface area (Å²) in [5, 5.41) is 3.51. The number of hydrogen-bond donors (Lipinski definition) is 1. The lowest BCUT2D eigenvalue weighted by Gasteiger charge is -2.25. The minimum Gasteiger partial charge on any atom is -0.493 e. The Balaban J connectivity index is 1.47. The fourth-order valence-corrected chi connectivity index (χ4v) is 5.08. The van der Waals surface area contributed by atoms with E-state index in [1.807, 2.05) is 12.1 Å². The van der Waals surface area contributed by atoms with Gasteiger partial charge in [0.2, 0.25) is 0 Å². The van der Waals surface area contributed by atoms with E-state index in [1.165, 1.54) is 45.2 Å². The van der Waals surface area contributed by atoms with E-state index < -0.39 is 0 Å². The van der Waals surface area contributed by atoms with Crippen molar-refractivity contribution in [3.63, 3.8) is 0 Å². The van der Waals surface area contributed by atoms with Gasteiger partial charge in [-0.25, -0.2) is 4.99 Å². The molecule has 3 fully saturated rings. The van der Waals surface area contributed by atoms with Gasteiger partial charge < -0.3 is 19.7 Å². The molecule has 0 aromatic heterocycles. The number of aliphatic imine (C=N–C) groups is 1. The zero-order valence-corrected chi connectivity index (χ0v) is 18.7. The van der Waals surface area contributed by atoms with Crippen molar-refractivity contribution in [2.75, 3.05) is 39.8 Å². The lowest BCUT2D eigenvalue weighted by Crippen LogP contribution is -2.42. The highest BCUT2D eigenvalue weighted by molar-refractivity contribution is 5.80. The molecule has 1 aliphatic carbocycles. The third-order valence-corrected chi connectivity index (χ3v) is 6.72. The lowest BCUT2D eigenvalue weighted by atomic mass is 10.1. The molecule has 1 atom stereocenters. The first kappa shape index (κ1) is 21.3. The Bertz CT molecular complexity index is 711. The number of hydrogen-bond acceptors (Lipinski definition) is 4. The Labute approximate surface area is 181 Å². The van der Waals surface area contributed by atoms with Crippen LogP contribution >= 0.6 is 0 Å². The molecule has 1 aromatic carbocycles. The number of guanidine groups is 1. The minimum atomic E-state index is 0.303. The topological polar surface area (TPSA) is 49.3 Å². The predicted octanol–water partition coefficient (Wildman–Crippen LogP) is 3.65. The van der Waals surface area contributed by atoms with Gasteiger partial charge in [0.1, 0.15) is 0 Å². The quantitative estimate of drug-likeness (QED) is 0.545. The predicted molar refractivity (Wildman–Crippen MR) is 121 cm³/mol. The van der Waals surface area contributed by atoms with Crippen molar-refractivity contribution in [2.45, 2.75) is 70.6 Å². The van der Waals surface area contributed by atoms with E-state index in [0.717, 1.165) is 55.5 Å². The highest BCUT2D eigenvalue weighted by Gasteiger charge is 2.30. The largest absolute Gasteiger partial charge is 0.493 e. The zero-order valence-electron chi connectivity index (χ0n) is 18.7. The van der Waals surface area contributed by atoms with Gasteiger partial charge in [-0.15, -0.1) is 0 Å². The molecule has 0 spiro atoms. The molecule has 4 rings (SSSR count). The molecule has 1 unspecified atom stereocenters. The summed E-state index contributed by atoms with van der Waals surface area (Å²) in [7, 11) is 1.72. The normalized spacial score (nSPS) is 23.3. The van der Waals surface area contributed by atoms with Gasteiger partial charge in [0.05, 0.1) is 19.8 Å². The van der Waals surface area contributed by atoms with Gasteiger partial charge in [-0.3, -0.25) is 4.90 Å². The Kier molecular flexibility index (Phi) is 7.37. The van der Waals surface area contributed by atoms with Crippen molar-refractivity contribution in [3.8, 4) is 11.5 Å². The number of para-hydroxylation sites is 1. The monoisotopic (exact) mass is 414 g/mol. The van der Waals surface area contributed by atoms with Crippen LogP contribution in [0.2, 0.25) is 0 Å². The average Bonchev–Trinajstić information content (AvgIpc) is 3.54. The molecule has 2 aliphatic heterocycles. The Morgan fingerprint density at radius 3 is 2.63 bits per heavy atom. The number of nitrogens with zero attached hydrogens (tertiary/aromatic N) is 3. The number of methoxy groups -OCH3 is 1. The number of likely N-dealkylation sites (tertiary alicyclic amines) is 2. The zero-order chi connectivity index (χ0) is 20.8. The second-order valence-corrected chi connectivity index (χ2v) is 8.77. The van der Waals surface area contributed by atoms with Crippen molar-refractivity contribution in [2.24, 2.45) is 4.99 Å². The second kappa shape index (κ2) is 10.4. The van der Waals surface area contributed by atoms with E-state index in [-0.39, 0.29) is 0 Å². The molecule has 2 heterocycles. The summed E-state index contributed by atoms with van der Waals surface area (Å²) in [6.07, 6.45) is 9.02. The Hall–Kier alpha value is -1.95. The van der Waals surface area contributed by atoms with Crippen molar-refractivity contribution in [3.05, 3.63) is 23.8 Å². The number of ether oxygens (including phenoxy) is 2. The number of rotatable bonds is 7. The van der Waals surface area contributed by atoms with E-state index in [4.69, 9.17) is 14.5 Å². The van der Waals surface area contributed by atoms with Crippen LogP contribution in [-0.2, 0) is 6.54 Å². The molecule has 6 heteroatoms. The first-order valence-corrected chi connectivity index (χ1v) is 11.9. The molecule has 30 heavy (non-hydrogen) atoms. The third-order valence-electron chi connectivity index (χ3n) is 6.72. The van der Waals surface area contributed by atoms with Crippen LogP contribution in [0.5, 0.6) is 11.5 Å². The molecular formula is C24H38N4O2. The molecule has 0 bridgehead atoms. The van der Waals surface area contributed by atoms with Crippen molar-refractivity contribution >= 4 is 5.96 Å². The highest BCUT2D eigenvalue weighted by Crippen LogP contribution is 2.35. The van der Waals surface area contributed by atoms with Crippen LogP contribution < -0.4 is 14.8 Å². The third kappa shape index (κ3) is 5.02. The Morgan fingerprint density at radius 2 is 1.90 bits per heavy atom. The van der Waals surface area contributed by atoms with Crippen molar-refractivity contribution in [1.82, 2.24) is 15.1 Å². The molecule has 3 aliphatic rings. The van der Waals surface area contributed by atoms with Crippen LogP contribution in [0.15, 0.2) is 23.2 Å². The molecule has 1 N–H and O–H groups in total. The van der Waals surface area contributed by atoms with Crippen LogP contribution in [0.1, 0.15) is 57.4 Å². The van der Waals surface area contributed by atoms with E-state index in [2.05, 4.69) is 28.1 Å². The molecule has 6 nitrogen and oxygen atoms in total. The van der Waals surface area contributed by atoms with Gasteiger partial charge in [0.15, 0.2) is 17.5 Å². The van der Waals surface area contributed by atoms with E-state index >= 15 is 0 Å². The molecule has 166 valence electrons. The van der Waals surface area contributed by atoms with Crippen LogP contribution in [-0.4, -0.2) is 67.7 Å². The van der Waals surface area contributed by atoms with Crippen LogP contribution in [0.4, 0.5) is 0 Å². The van der Waals surface area contributed by atoms with E-state index in [9.17, 15) is 0 Å². The second-order valence-electron chi connectivity index (χ2n) is 8.77. The van der Waals surface area contributed by atoms with Gasteiger partial charge >= 0.3 is 0 Å². The first-order valence-electron chi connectivity index (χ1n) is 11.9. The first-order chi connectivity index (χ1) is 14.8. The van der Waals surface area contributed by atoms with Gasteiger partial charge in [0, 0.05) is 31.2 Å². The maximum atomic E-state index is 6.40. The van der Waals surface area contributed by atoms with Crippen molar-refractivity contribution < 1.29 is 9.47 Å². The van der Waals surface area contributed by atoms with Gasteiger partial charge in [0.25, 0.3) is 0 Å². The summed E-state index contributed by atoms with van der Waals surface area (Å²) < 4.78 is 12.0. The molecule has 2 saturated heterocycles. The summed E-state index contributed by atoms with van der Waals surface area (Å²) in [5.74, 6) is 2.71. The summed E-state index contributed by atoms with van der Waals surface area (Å²) in [6.45, 7) is 8.31. The van der Waals surface area contributed by atoms with E-state index in [1.54, 1.807) is 7.11 Å². The smallest absolute Gasteiger partial charge is 0.194 e. The summed E-state index contributed by atoms with van der Waals surface area (Å²) in [5.41, 5.74) is 1.10. The van der Waals surface area contributed by atoms with Crippen LogP contribution in [0.25, 0.3) is 0 Å². The van der Waals surface area contributed by atoms with E-state index in [0.29, 0.717) is 18.7 Å². The maximum Gasteiger partial charge on any atom is 0.194 e. The van der Waals surface area contributed by atoms with Crippen molar-refractivity contribution in [1.29, 1.82) is 0 Å². The Morgan fingerprint density at radius 1 is 1.10 bits per heavy atom. The average molecular weight is 415 g/mol. The molecular weight excluding hydrogens is 376 g/mol. The summed E-state index contributed by atoms with van der Waals surface area (Å²) >= 11 is 0. The number of benzene rings is 1. The standard InChI is InChI=1S/C24H38N4O2/c1-3-25-24(28-16-13-20(18-28)27-14-6-7-15-27)26-17-19-9-8-12-22(29-2)23(19)30-21-10-4-5-11-21/h8-9,12,20-21H,3-7,10-11,13-18H2,1-2H3,(H,25,26).